The van der Waals surface area contributed by atoms with Crippen molar-refractivity contribution in [2.75, 3.05) is 6.61 Å². The van der Waals surface area contributed by atoms with Gasteiger partial charge in [0.15, 0.2) is 0 Å². The predicted molar refractivity (Wildman–Crippen MR) is 260 cm³/mol. The van der Waals surface area contributed by atoms with Gasteiger partial charge in [0.25, 0.3) is 0 Å². The van der Waals surface area contributed by atoms with E-state index < -0.39 is 18.2 Å². The smallest absolute Gasteiger partial charge is 0.306 e. The van der Waals surface area contributed by atoms with Crippen LogP contribution < -0.4 is 5.32 Å². The molecule has 0 heterocycles. The van der Waals surface area contributed by atoms with E-state index in [2.05, 4.69) is 50.4 Å². The summed E-state index contributed by atoms with van der Waals surface area (Å²) in [4.78, 5) is 26.1. The van der Waals surface area contributed by atoms with Crippen LogP contribution in [0.1, 0.15) is 284 Å². The lowest BCUT2D eigenvalue weighted by Crippen LogP contribution is -2.46. The molecule has 0 bridgehead atoms. The number of aliphatic hydroxyl groups is 2. The number of aliphatic hydroxyl groups excluding tert-OH is 2. The zero-order valence-corrected chi connectivity index (χ0v) is 40.4. The fourth-order valence-corrected chi connectivity index (χ4v) is 8.19. The normalized spacial score (nSPS) is 13.3. The number of carbonyl (C=O) groups is 2. The van der Waals surface area contributed by atoms with Crippen molar-refractivity contribution in [2.45, 2.75) is 302 Å². The van der Waals surface area contributed by atoms with Crippen LogP contribution in [0.2, 0.25) is 0 Å². The first-order chi connectivity index (χ1) is 29.5. The molecule has 0 aliphatic carbocycles. The molecule has 0 aromatic rings. The summed E-state index contributed by atoms with van der Waals surface area (Å²) in [6.45, 7) is 6.46. The number of unbranched alkanes of at least 4 members (excludes halogenated alkanes) is 32. The van der Waals surface area contributed by atoms with E-state index in [0.717, 1.165) is 64.2 Å². The number of hydrogen-bond donors (Lipinski definition) is 3. The number of ether oxygens (including phenoxy) is 1. The maximum absolute atomic E-state index is 13.2. The summed E-state index contributed by atoms with van der Waals surface area (Å²) in [5.74, 6) is -0.473. The van der Waals surface area contributed by atoms with Gasteiger partial charge in [-0.2, -0.15) is 0 Å². The third-order valence-corrected chi connectivity index (χ3v) is 12.3. The second-order valence-corrected chi connectivity index (χ2v) is 18.3. The first-order valence-electron chi connectivity index (χ1n) is 26.6. The van der Waals surface area contributed by atoms with Gasteiger partial charge in [-0.3, -0.25) is 9.59 Å². The standard InChI is InChI=1S/C54H103NO5/c1-4-7-10-13-16-19-21-23-24-25-26-27-28-30-32-35-38-41-44-47-54(59)60-50(45-42-39-36-34-31-29-22-20-17-14-11-8-5-2)48-53(58)55-51(49-56)52(57)46-43-40-37-33-18-15-12-9-6-3/h20,22-24,50-52,56-57H,4-19,21,25-49H2,1-3H3,(H,55,58)/b22-20-,24-23+. The predicted octanol–water partition coefficient (Wildman–Crippen LogP) is 15.9. The Morgan fingerprint density at radius 2 is 0.800 bits per heavy atom. The van der Waals surface area contributed by atoms with E-state index in [-0.39, 0.29) is 24.9 Å². The largest absolute Gasteiger partial charge is 0.462 e. The molecule has 0 saturated heterocycles. The van der Waals surface area contributed by atoms with Crippen LogP contribution in [-0.4, -0.2) is 46.9 Å². The van der Waals surface area contributed by atoms with Gasteiger partial charge in [0.05, 0.1) is 25.2 Å². The summed E-state index contributed by atoms with van der Waals surface area (Å²) in [7, 11) is 0. The Labute approximate surface area is 373 Å². The highest BCUT2D eigenvalue weighted by atomic mass is 16.5. The van der Waals surface area contributed by atoms with Gasteiger partial charge in [0.2, 0.25) is 5.91 Å². The van der Waals surface area contributed by atoms with Crippen molar-refractivity contribution in [3.05, 3.63) is 24.3 Å². The molecule has 0 aliphatic heterocycles. The first kappa shape index (κ1) is 58.3. The topological polar surface area (TPSA) is 95.9 Å². The van der Waals surface area contributed by atoms with Gasteiger partial charge >= 0.3 is 5.97 Å². The third-order valence-electron chi connectivity index (χ3n) is 12.3. The Kier molecular flexibility index (Phi) is 47.0. The monoisotopic (exact) mass is 846 g/mol. The summed E-state index contributed by atoms with van der Waals surface area (Å²) in [5, 5.41) is 23.7. The lowest BCUT2D eigenvalue weighted by molar-refractivity contribution is -0.151. The maximum Gasteiger partial charge on any atom is 0.306 e. The van der Waals surface area contributed by atoms with Gasteiger partial charge in [-0.15, -0.1) is 0 Å². The maximum atomic E-state index is 13.2. The van der Waals surface area contributed by atoms with Gasteiger partial charge in [0.1, 0.15) is 6.10 Å². The Morgan fingerprint density at radius 1 is 0.467 bits per heavy atom. The minimum absolute atomic E-state index is 0.0749. The van der Waals surface area contributed by atoms with Crippen LogP contribution in [-0.2, 0) is 14.3 Å². The summed E-state index contributed by atoms with van der Waals surface area (Å²) in [6, 6.07) is -0.699. The molecule has 3 unspecified atom stereocenters. The summed E-state index contributed by atoms with van der Waals surface area (Å²) in [6.07, 6.45) is 55.3. The van der Waals surface area contributed by atoms with Gasteiger partial charge in [0, 0.05) is 6.42 Å². The molecule has 0 spiro atoms. The van der Waals surface area contributed by atoms with Crippen molar-refractivity contribution in [3.63, 3.8) is 0 Å². The molecule has 60 heavy (non-hydrogen) atoms. The number of carbonyl (C=O) groups excluding carboxylic acids is 2. The van der Waals surface area contributed by atoms with Crippen LogP contribution in [0, 0.1) is 0 Å². The average Bonchev–Trinajstić information content (AvgIpc) is 3.24. The van der Waals surface area contributed by atoms with E-state index in [1.807, 2.05) is 0 Å². The van der Waals surface area contributed by atoms with Gasteiger partial charge in [-0.1, -0.05) is 218 Å². The molecule has 3 N–H and O–H groups in total. The lowest BCUT2D eigenvalue weighted by atomic mass is 10.0. The Bertz CT molecular complexity index is 950. The molecule has 1 amide bonds. The van der Waals surface area contributed by atoms with Gasteiger partial charge in [-0.05, 0) is 77.0 Å². The molecule has 6 nitrogen and oxygen atoms in total. The molecule has 0 aromatic carbocycles. The van der Waals surface area contributed by atoms with E-state index >= 15 is 0 Å². The van der Waals surface area contributed by atoms with Gasteiger partial charge in [-0.25, -0.2) is 0 Å². The van der Waals surface area contributed by atoms with Crippen LogP contribution in [0.15, 0.2) is 24.3 Å². The SMILES string of the molecule is CCCCCC/C=C\CCCCCCCC(CC(=O)NC(CO)C(O)CCCCCCCCCCC)OC(=O)CCCCCCCCCCC/C=C/CCCCCCCC. The minimum atomic E-state index is -0.785. The number of amides is 1. The second kappa shape index (κ2) is 48.4. The number of nitrogens with one attached hydrogen (secondary N) is 1. The van der Waals surface area contributed by atoms with E-state index in [0.29, 0.717) is 19.3 Å². The van der Waals surface area contributed by atoms with Gasteiger partial charge < -0.3 is 20.3 Å². The number of allylic oxidation sites excluding steroid dienone is 4. The van der Waals surface area contributed by atoms with Crippen molar-refractivity contribution in [1.82, 2.24) is 5.32 Å². The first-order valence-corrected chi connectivity index (χ1v) is 26.6. The van der Waals surface area contributed by atoms with Crippen LogP contribution in [0.3, 0.4) is 0 Å². The van der Waals surface area contributed by atoms with E-state index in [4.69, 9.17) is 4.74 Å². The summed E-state index contributed by atoms with van der Waals surface area (Å²) >= 11 is 0. The van der Waals surface area contributed by atoms with Crippen molar-refractivity contribution >= 4 is 11.9 Å². The van der Waals surface area contributed by atoms with Crippen molar-refractivity contribution < 1.29 is 24.5 Å². The zero-order chi connectivity index (χ0) is 43.8. The fraction of sp³-hybridized carbons (Fsp3) is 0.889. The van der Waals surface area contributed by atoms with Crippen LogP contribution >= 0.6 is 0 Å². The zero-order valence-electron chi connectivity index (χ0n) is 40.4. The van der Waals surface area contributed by atoms with Crippen molar-refractivity contribution in [1.29, 1.82) is 0 Å². The quantitative estimate of drug-likeness (QED) is 0.0322. The molecular formula is C54H103NO5. The Balaban J connectivity index is 4.48. The lowest BCUT2D eigenvalue weighted by Gasteiger charge is -2.24. The second-order valence-electron chi connectivity index (χ2n) is 18.3. The highest BCUT2D eigenvalue weighted by Crippen LogP contribution is 2.18. The average molecular weight is 846 g/mol. The molecule has 6 heteroatoms. The third kappa shape index (κ3) is 43.0. The van der Waals surface area contributed by atoms with Crippen LogP contribution in [0.5, 0.6) is 0 Å². The molecular weight excluding hydrogens is 743 g/mol. The molecule has 0 rings (SSSR count). The Hall–Kier alpha value is -1.66. The highest BCUT2D eigenvalue weighted by Gasteiger charge is 2.24. The molecule has 0 aromatic heterocycles. The Morgan fingerprint density at radius 3 is 1.20 bits per heavy atom. The molecule has 0 radical (unpaired) electrons. The number of hydrogen-bond acceptors (Lipinski definition) is 5. The van der Waals surface area contributed by atoms with E-state index in [1.165, 1.54) is 173 Å². The fourth-order valence-electron chi connectivity index (χ4n) is 8.19. The summed E-state index contributed by atoms with van der Waals surface area (Å²) in [5.41, 5.74) is 0. The molecule has 3 atom stereocenters. The minimum Gasteiger partial charge on any atom is -0.462 e. The number of rotatable bonds is 48. The van der Waals surface area contributed by atoms with Crippen LogP contribution in [0.25, 0.3) is 0 Å². The highest BCUT2D eigenvalue weighted by molar-refractivity contribution is 5.77. The molecule has 354 valence electrons. The number of esters is 1. The molecule has 0 aliphatic rings. The molecule has 0 fully saturated rings. The van der Waals surface area contributed by atoms with Crippen LogP contribution in [0.4, 0.5) is 0 Å². The van der Waals surface area contributed by atoms with E-state index in [1.54, 1.807) is 0 Å². The van der Waals surface area contributed by atoms with Crippen molar-refractivity contribution in [2.24, 2.45) is 0 Å². The van der Waals surface area contributed by atoms with Crippen molar-refractivity contribution in [3.8, 4) is 0 Å². The summed E-state index contributed by atoms with van der Waals surface area (Å²) < 4.78 is 5.94. The molecule has 0 saturated carbocycles. The van der Waals surface area contributed by atoms with E-state index in [9.17, 15) is 19.8 Å².